The molecule has 3 aromatic carbocycles. The lowest BCUT2D eigenvalue weighted by Gasteiger charge is -2.22. The number of hydrogen-bond acceptors (Lipinski definition) is 8. The molecule has 5 amide bonds. The van der Waals surface area contributed by atoms with Crippen LogP contribution in [0.15, 0.2) is 78.9 Å². The zero-order valence-electron chi connectivity index (χ0n) is 24.7. The Hall–Kier alpha value is -5.43. The summed E-state index contributed by atoms with van der Waals surface area (Å²) in [6, 6.07) is 17.0. The van der Waals surface area contributed by atoms with E-state index >= 15 is 0 Å². The Morgan fingerprint density at radius 2 is 1.16 bits per heavy atom. The summed E-state index contributed by atoms with van der Waals surface area (Å²) in [6.07, 6.45) is 0.336. The molecule has 13 heteroatoms. The lowest BCUT2D eigenvalue weighted by Crippen LogP contribution is -2.56. The Labute approximate surface area is 260 Å². The minimum Gasteiger partial charge on any atom is -0.508 e. The van der Waals surface area contributed by atoms with Crippen LogP contribution in [-0.4, -0.2) is 70.5 Å². The Bertz CT molecular complexity index is 1470. The molecule has 13 nitrogen and oxygen atoms in total. The predicted octanol–water partition coefficient (Wildman–Crippen LogP) is -0.471. The Morgan fingerprint density at radius 3 is 1.71 bits per heavy atom. The van der Waals surface area contributed by atoms with Gasteiger partial charge in [-0.05, 0) is 54.3 Å². The van der Waals surface area contributed by atoms with Crippen molar-refractivity contribution in [2.45, 2.75) is 50.4 Å². The van der Waals surface area contributed by atoms with Gasteiger partial charge in [0.25, 0.3) is 0 Å². The first-order valence-electron chi connectivity index (χ1n) is 14.2. The van der Waals surface area contributed by atoms with Gasteiger partial charge in [0.1, 0.15) is 29.6 Å². The zero-order valence-corrected chi connectivity index (χ0v) is 24.7. The standard InChI is InChI=1S/C32H38N6O7/c1-19(36-31(44)25(33)15-21-7-11-23(39)12-8-21)30(43)38-27(17-20-5-3-2-4-6-20)32(45)35-18-28(41)37-26(29(34)42)16-22-9-13-24(40)14-10-22/h2-14,19,25-27,39-40H,15-18,33H2,1H3,(H2,34,42)(H,35,45)(H,36,44)(H,37,41)(H,38,43)/t19-,25+,26+,27+/m1/s1. The number of rotatable bonds is 15. The third kappa shape index (κ3) is 11.3. The van der Waals surface area contributed by atoms with Crippen molar-refractivity contribution in [2.24, 2.45) is 11.5 Å². The van der Waals surface area contributed by atoms with Gasteiger partial charge in [-0.2, -0.15) is 0 Å². The van der Waals surface area contributed by atoms with Gasteiger partial charge >= 0.3 is 0 Å². The molecule has 0 saturated carbocycles. The van der Waals surface area contributed by atoms with Gasteiger partial charge in [-0.25, -0.2) is 0 Å². The molecule has 238 valence electrons. The van der Waals surface area contributed by atoms with E-state index in [0.29, 0.717) is 5.56 Å². The van der Waals surface area contributed by atoms with Crippen LogP contribution in [0.4, 0.5) is 0 Å². The third-order valence-electron chi connectivity index (χ3n) is 6.87. The van der Waals surface area contributed by atoms with Crippen LogP contribution in [0.1, 0.15) is 23.6 Å². The summed E-state index contributed by atoms with van der Waals surface area (Å²) in [5, 5.41) is 29.0. The summed E-state index contributed by atoms with van der Waals surface area (Å²) in [5.41, 5.74) is 13.6. The smallest absolute Gasteiger partial charge is 0.243 e. The van der Waals surface area contributed by atoms with Gasteiger partial charge in [0, 0.05) is 12.8 Å². The van der Waals surface area contributed by atoms with Crippen LogP contribution < -0.4 is 32.7 Å². The second-order valence-corrected chi connectivity index (χ2v) is 10.6. The van der Waals surface area contributed by atoms with Crippen LogP contribution >= 0.6 is 0 Å². The van der Waals surface area contributed by atoms with E-state index in [2.05, 4.69) is 21.3 Å². The number of benzene rings is 3. The van der Waals surface area contributed by atoms with Crippen LogP contribution in [0.5, 0.6) is 11.5 Å². The second kappa shape index (κ2) is 16.4. The van der Waals surface area contributed by atoms with E-state index in [-0.39, 0.29) is 30.8 Å². The molecular formula is C32H38N6O7. The van der Waals surface area contributed by atoms with Crippen LogP contribution in [0.25, 0.3) is 0 Å². The predicted molar refractivity (Wildman–Crippen MR) is 165 cm³/mol. The van der Waals surface area contributed by atoms with Gasteiger partial charge in [0.15, 0.2) is 0 Å². The number of hydrogen-bond donors (Lipinski definition) is 8. The molecule has 3 rings (SSSR count). The van der Waals surface area contributed by atoms with E-state index in [1.165, 1.54) is 31.2 Å². The van der Waals surface area contributed by atoms with Gasteiger partial charge in [0.05, 0.1) is 12.6 Å². The van der Waals surface area contributed by atoms with Crippen molar-refractivity contribution in [3.8, 4) is 11.5 Å². The van der Waals surface area contributed by atoms with E-state index in [0.717, 1.165) is 11.1 Å². The molecule has 0 bridgehead atoms. The Morgan fingerprint density at radius 1 is 0.644 bits per heavy atom. The van der Waals surface area contributed by atoms with E-state index in [4.69, 9.17) is 11.5 Å². The lowest BCUT2D eigenvalue weighted by molar-refractivity contribution is -0.133. The number of carbonyl (C=O) groups excluding carboxylic acids is 5. The van der Waals surface area contributed by atoms with Crippen LogP contribution in [-0.2, 0) is 43.2 Å². The molecule has 0 heterocycles. The number of nitrogens with two attached hydrogens (primary N) is 2. The van der Waals surface area contributed by atoms with Gasteiger partial charge < -0.3 is 42.9 Å². The zero-order chi connectivity index (χ0) is 32.9. The highest BCUT2D eigenvalue weighted by Gasteiger charge is 2.27. The molecule has 0 spiro atoms. The lowest BCUT2D eigenvalue weighted by atomic mass is 10.0. The number of nitrogens with one attached hydrogen (secondary N) is 4. The summed E-state index contributed by atoms with van der Waals surface area (Å²) < 4.78 is 0. The highest BCUT2D eigenvalue weighted by Crippen LogP contribution is 2.12. The molecule has 0 unspecified atom stereocenters. The van der Waals surface area contributed by atoms with Crippen molar-refractivity contribution in [3.63, 3.8) is 0 Å². The average molecular weight is 619 g/mol. The number of aromatic hydroxyl groups is 2. The molecule has 45 heavy (non-hydrogen) atoms. The molecule has 0 aliphatic carbocycles. The average Bonchev–Trinajstić information content (AvgIpc) is 3.01. The summed E-state index contributed by atoms with van der Waals surface area (Å²) in [7, 11) is 0. The molecule has 0 aliphatic heterocycles. The maximum atomic E-state index is 13.2. The number of phenols is 2. The Balaban J connectivity index is 1.58. The van der Waals surface area contributed by atoms with Crippen molar-refractivity contribution in [3.05, 3.63) is 95.6 Å². The van der Waals surface area contributed by atoms with Crippen molar-refractivity contribution in [1.82, 2.24) is 21.3 Å². The van der Waals surface area contributed by atoms with Crippen LogP contribution in [0, 0.1) is 0 Å². The third-order valence-corrected chi connectivity index (χ3v) is 6.87. The highest BCUT2D eigenvalue weighted by molar-refractivity contribution is 5.94. The van der Waals surface area contributed by atoms with Crippen molar-refractivity contribution < 1.29 is 34.2 Å². The Kier molecular flexibility index (Phi) is 12.4. The molecule has 0 saturated heterocycles. The molecule has 4 atom stereocenters. The number of primary amides is 1. The molecule has 3 aromatic rings. The maximum absolute atomic E-state index is 13.2. The summed E-state index contributed by atoms with van der Waals surface area (Å²) in [6.45, 7) is 0.946. The van der Waals surface area contributed by atoms with E-state index in [1.807, 2.05) is 0 Å². The van der Waals surface area contributed by atoms with Gasteiger partial charge in [-0.3, -0.25) is 24.0 Å². The quantitative estimate of drug-likeness (QED) is 0.111. The maximum Gasteiger partial charge on any atom is 0.243 e. The van der Waals surface area contributed by atoms with Crippen molar-refractivity contribution >= 4 is 29.5 Å². The minimum absolute atomic E-state index is 0.0456. The normalized spacial score (nSPS) is 13.4. The van der Waals surface area contributed by atoms with E-state index in [1.54, 1.807) is 54.6 Å². The van der Waals surface area contributed by atoms with Gasteiger partial charge in [-0.1, -0.05) is 54.6 Å². The summed E-state index contributed by atoms with van der Waals surface area (Å²) in [5.74, 6) is -3.23. The first kappa shape index (κ1) is 34.1. The summed E-state index contributed by atoms with van der Waals surface area (Å²) in [4.78, 5) is 63.4. The molecular weight excluding hydrogens is 580 g/mol. The molecule has 0 aromatic heterocycles. The highest BCUT2D eigenvalue weighted by atomic mass is 16.3. The van der Waals surface area contributed by atoms with E-state index in [9.17, 15) is 34.2 Å². The van der Waals surface area contributed by atoms with Crippen molar-refractivity contribution in [1.29, 1.82) is 0 Å². The van der Waals surface area contributed by atoms with Crippen LogP contribution in [0.2, 0.25) is 0 Å². The molecule has 0 aliphatic rings. The molecule has 0 fully saturated rings. The topological polar surface area (TPSA) is 226 Å². The fourth-order valence-electron chi connectivity index (χ4n) is 4.35. The largest absolute Gasteiger partial charge is 0.508 e. The summed E-state index contributed by atoms with van der Waals surface area (Å²) >= 11 is 0. The number of amides is 5. The molecule has 0 radical (unpaired) electrons. The first-order valence-corrected chi connectivity index (χ1v) is 14.2. The fourth-order valence-corrected chi connectivity index (χ4v) is 4.35. The minimum atomic E-state index is -1.11. The van der Waals surface area contributed by atoms with Crippen molar-refractivity contribution in [2.75, 3.05) is 6.54 Å². The fraction of sp³-hybridized carbons (Fsp3) is 0.281. The van der Waals surface area contributed by atoms with Gasteiger partial charge in [-0.15, -0.1) is 0 Å². The van der Waals surface area contributed by atoms with Crippen LogP contribution in [0.3, 0.4) is 0 Å². The number of phenolic OH excluding ortho intramolecular Hbond substituents is 2. The number of carbonyl (C=O) groups is 5. The SMILES string of the molecule is C[C@@H](NC(=O)[C@@H](N)Cc1ccc(O)cc1)C(=O)N[C@@H](Cc1ccccc1)C(=O)NCC(=O)N[C@@H](Cc1ccc(O)cc1)C(N)=O. The monoisotopic (exact) mass is 618 g/mol. The van der Waals surface area contributed by atoms with E-state index < -0.39 is 60.2 Å². The first-order chi connectivity index (χ1) is 21.4. The van der Waals surface area contributed by atoms with Gasteiger partial charge in [0.2, 0.25) is 29.5 Å². The second-order valence-electron chi connectivity index (χ2n) is 10.6. The molecule has 10 N–H and O–H groups in total.